The maximum absolute atomic E-state index is 12.5. The number of carbonyl (C=O) groups is 2. The molecule has 1 heterocycles. The number of hydrogen-bond acceptors (Lipinski definition) is 3. The number of rotatable bonds is 5. The van der Waals surface area contributed by atoms with Crippen LogP contribution in [0.5, 0.6) is 0 Å². The van der Waals surface area contributed by atoms with Crippen LogP contribution in [0.3, 0.4) is 0 Å². The highest BCUT2D eigenvalue weighted by Crippen LogP contribution is 2.29. The SMILES string of the molecule is C[C@@H](NC(=O)CNC(=O)c1ccc(C(F)(F)F)cc1)c1cc2ccccc2o1. The molecule has 0 aliphatic rings. The summed E-state index contributed by atoms with van der Waals surface area (Å²) in [5.74, 6) is -0.517. The van der Waals surface area contributed by atoms with Crippen LogP contribution in [-0.4, -0.2) is 18.4 Å². The van der Waals surface area contributed by atoms with E-state index in [4.69, 9.17) is 4.42 Å². The molecule has 3 aromatic rings. The molecule has 8 heteroatoms. The zero-order valence-electron chi connectivity index (χ0n) is 14.8. The molecule has 0 unspecified atom stereocenters. The molecular formula is C20H17F3N2O3. The number of alkyl halides is 3. The Hall–Kier alpha value is -3.29. The van der Waals surface area contributed by atoms with Gasteiger partial charge in [-0.15, -0.1) is 0 Å². The van der Waals surface area contributed by atoms with E-state index in [2.05, 4.69) is 10.6 Å². The lowest BCUT2D eigenvalue weighted by molar-refractivity contribution is -0.137. The van der Waals surface area contributed by atoms with E-state index in [0.717, 1.165) is 29.7 Å². The molecule has 0 fully saturated rings. The highest BCUT2D eigenvalue weighted by molar-refractivity contribution is 5.96. The maximum atomic E-state index is 12.5. The number of nitrogens with one attached hydrogen (secondary N) is 2. The third-order valence-electron chi connectivity index (χ3n) is 4.13. The van der Waals surface area contributed by atoms with Gasteiger partial charge < -0.3 is 15.1 Å². The largest absolute Gasteiger partial charge is 0.459 e. The van der Waals surface area contributed by atoms with Gasteiger partial charge in [-0.25, -0.2) is 0 Å². The molecule has 0 aliphatic heterocycles. The molecular weight excluding hydrogens is 373 g/mol. The van der Waals surface area contributed by atoms with Crippen molar-refractivity contribution < 1.29 is 27.2 Å². The van der Waals surface area contributed by atoms with Gasteiger partial charge in [-0.2, -0.15) is 13.2 Å². The molecule has 0 radical (unpaired) electrons. The Bertz CT molecular complexity index is 961. The molecule has 2 aromatic carbocycles. The summed E-state index contributed by atoms with van der Waals surface area (Å²) in [6.07, 6.45) is -4.47. The van der Waals surface area contributed by atoms with Gasteiger partial charge in [-0.05, 0) is 43.3 Å². The monoisotopic (exact) mass is 390 g/mol. The van der Waals surface area contributed by atoms with Crippen LogP contribution in [0.4, 0.5) is 13.2 Å². The Labute approximate surface area is 158 Å². The second-order valence-electron chi connectivity index (χ2n) is 6.23. The Morgan fingerprint density at radius 3 is 2.39 bits per heavy atom. The van der Waals surface area contributed by atoms with Crippen molar-refractivity contribution in [3.8, 4) is 0 Å². The van der Waals surface area contributed by atoms with E-state index in [1.807, 2.05) is 30.3 Å². The lowest BCUT2D eigenvalue weighted by Crippen LogP contribution is -2.37. The van der Waals surface area contributed by atoms with Gasteiger partial charge in [0.25, 0.3) is 5.91 Å². The van der Waals surface area contributed by atoms with Crippen LogP contribution < -0.4 is 10.6 Å². The van der Waals surface area contributed by atoms with Crippen molar-refractivity contribution in [2.45, 2.75) is 19.1 Å². The fourth-order valence-corrected chi connectivity index (χ4v) is 2.65. The Morgan fingerprint density at radius 1 is 1.07 bits per heavy atom. The summed E-state index contributed by atoms with van der Waals surface area (Å²) < 4.78 is 43.3. The summed E-state index contributed by atoms with van der Waals surface area (Å²) in [5, 5.41) is 5.99. The minimum absolute atomic E-state index is 0.0335. The number of para-hydroxylation sites is 1. The van der Waals surface area contributed by atoms with Crippen LogP contribution in [0, 0.1) is 0 Å². The average Bonchev–Trinajstić information content (AvgIpc) is 3.10. The first kappa shape index (κ1) is 19.5. The zero-order chi connectivity index (χ0) is 20.3. The molecule has 0 aliphatic carbocycles. The number of fused-ring (bicyclic) bond motifs is 1. The van der Waals surface area contributed by atoms with E-state index in [1.165, 1.54) is 0 Å². The van der Waals surface area contributed by atoms with Crippen LogP contribution >= 0.6 is 0 Å². The lowest BCUT2D eigenvalue weighted by atomic mass is 10.1. The first-order valence-corrected chi connectivity index (χ1v) is 8.47. The minimum Gasteiger partial charge on any atom is -0.459 e. The fourth-order valence-electron chi connectivity index (χ4n) is 2.65. The van der Waals surface area contributed by atoms with Gasteiger partial charge in [0, 0.05) is 10.9 Å². The molecule has 0 bridgehead atoms. The van der Waals surface area contributed by atoms with Crippen molar-refractivity contribution in [1.29, 1.82) is 0 Å². The molecule has 146 valence electrons. The normalized spacial score (nSPS) is 12.6. The average molecular weight is 390 g/mol. The second kappa shape index (κ2) is 7.75. The van der Waals surface area contributed by atoms with Gasteiger partial charge in [-0.1, -0.05) is 18.2 Å². The lowest BCUT2D eigenvalue weighted by Gasteiger charge is -2.12. The van der Waals surface area contributed by atoms with Gasteiger partial charge >= 0.3 is 6.18 Å². The third-order valence-corrected chi connectivity index (χ3v) is 4.13. The minimum atomic E-state index is -4.47. The van der Waals surface area contributed by atoms with Gasteiger partial charge in [0.15, 0.2) is 0 Å². The summed E-state index contributed by atoms with van der Waals surface area (Å²) in [5.41, 5.74) is -0.109. The molecule has 28 heavy (non-hydrogen) atoms. The molecule has 0 spiro atoms. The van der Waals surface area contributed by atoms with Gasteiger partial charge in [0.1, 0.15) is 11.3 Å². The zero-order valence-corrected chi connectivity index (χ0v) is 14.8. The van der Waals surface area contributed by atoms with Crippen molar-refractivity contribution in [2.75, 3.05) is 6.54 Å². The van der Waals surface area contributed by atoms with Gasteiger partial charge in [-0.3, -0.25) is 9.59 Å². The smallest absolute Gasteiger partial charge is 0.416 e. The van der Waals surface area contributed by atoms with Crippen molar-refractivity contribution >= 4 is 22.8 Å². The number of furan rings is 1. The van der Waals surface area contributed by atoms with E-state index in [-0.39, 0.29) is 12.1 Å². The summed E-state index contributed by atoms with van der Waals surface area (Å²) in [7, 11) is 0. The van der Waals surface area contributed by atoms with E-state index < -0.39 is 29.6 Å². The number of hydrogen-bond donors (Lipinski definition) is 2. The third kappa shape index (κ3) is 4.51. The molecule has 0 saturated heterocycles. The van der Waals surface area contributed by atoms with E-state index in [9.17, 15) is 22.8 Å². The molecule has 5 nitrogen and oxygen atoms in total. The van der Waals surface area contributed by atoms with Crippen LogP contribution in [0.25, 0.3) is 11.0 Å². The van der Waals surface area contributed by atoms with E-state index in [1.54, 1.807) is 6.92 Å². The second-order valence-corrected chi connectivity index (χ2v) is 6.23. The molecule has 1 atom stereocenters. The Kier molecular flexibility index (Phi) is 5.39. The first-order valence-electron chi connectivity index (χ1n) is 8.47. The molecule has 3 rings (SSSR count). The topological polar surface area (TPSA) is 71.3 Å². The van der Waals surface area contributed by atoms with Crippen molar-refractivity contribution in [3.05, 3.63) is 71.5 Å². The van der Waals surface area contributed by atoms with E-state index in [0.29, 0.717) is 11.3 Å². The number of benzene rings is 2. The first-order chi connectivity index (χ1) is 13.2. The van der Waals surface area contributed by atoms with Crippen LogP contribution in [0.2, 0.25) is 0 Å². The standard InChI is InChI=1S/C20H17F3N2O3/c1-12(17-10-14-4-2-3-5-16(14)28-17)25-18(26)11-24-19(27)13-6-8-15(9-7-13)20(21,22)23/h2-10,12H,11H2,1H3,(H,24,27)(H,25,26)/t12-/m1/s1. The van der Waals surface area contributed by atoms with Crippen LogP contribution in [-0.2, 0) is 11.0 Å². The molecule has 2 amide bonds. The highest BCUT2D eigenvalue weighted by atomic mass is 19.4. The molecule has 1 aromatic heterocycles. The van der Waals surface area contributed by atoms with Gasteiger partial charge in [0.05, 0.1) is 18.2 Å². The number of halogens is 3. The Balaban J connectivity index is 1.54. The van der Waals surface area contributed by atoms with Crippen LogP contribution in [0.1, 0.15) is 34.6 Å². The fraction of sp³-hybridized carbons (Fsp3) is 0.200. The molecule has 0 saturated carbocycles. The Morgan fingerprint density at radius 2 is 1.75 bits per heavy atom. The number of carbonyl (C=O) groups excluding carboxylic acids is 2. The van der Waals surface area contributed by atoms with E-state index >= 15 is 0 Å². The maximum Gasteiger partial charge on any atom is 0.416 e. The summed E-state index contributed by atoms with van der Waals surface area (Å²) in [6, 6.07) is 12.6. The van der Waals surface area contributed by atoms with Gasteiger partial charge in [0.2, 0.25) is 5.91 Å². The quantitative estimate of drug-likeness (QED) is 0.690. The summed E-state index contributed by atoms with van der Waals surface area (Å²) in [4.78, 5) is 24.0. The van der Waals surface area contributed by atoms with Crippen molar-refractivity contribution in [3.63, 3.8) is 0 Å². The predicted octanol–water partition coefficient (Wildman–Crippen LogP) is 4.06. The van der Waals surface area contributed by atoms with Crippen LogP contribution in [0.15, 0.2) is 59.0 Å². The summed E-state index contributed by atoms with van der Waals surface area (Å²) >= 11 is 0. The van der Waals surface area contributed by atoms with Crippen molar-refractivity contribution in [1.82, 2.24) is 10.6 Å². The summed E-state index contributed by atoms with van der Waals surface area (Å²) in [6.45, 7) is 1.43. The van der Waals surface area contributed by atoms with Crippen molar-refractivity contribution in [2.24, 2.45) is 0 Å². The number of amides is 2. The molecule has 2 N–H and O–H groups in total. The highest BCUT2D eigenvalue weighted by Gasteiger charge is 2.30. The predicted molar refractivity (Wildman–Crippen MR) is 96.5 cm³/mol.